The summed E-state index contributed by atoms with van der Waals surface area (Å²) < 4.78 is 26.9. The van der Waals surface area contributed by atoms with Gasteiger partial charge < -0.3 is 5.32 Å². The second-order valence-corrected chi connectivity index (χ2v) is 7.11. The van der Waals surface area contributed by atoms with Crippen molar-refractivity contribution in [2.45, 2.75) is 32.7 Å². The molecule has 0 atom stereocenters. The number of piperidine rings is 1. The predicted molar refractivity (Wildman–Crippen MR) is 79.8 cm³/mol. The molecular formula is C14H23N3O2S. The highest BCUT2D eigenvalue weighted by Gasteiger charge is 2.21. The van der Waals surface area contributed by atoms with Gasteiger partial charge in [0, 0.05) is 6.20 Å². The van der Waals surface area contributed by atoms with Crippen molar-refractivity contribution in [1.82, 2.24) is 15.0 Å². The molecule has 1 aromatic rings. The van der Waals surface area contributed by atoms with E-state index in [9.17, 15) is 8.42 Å². The first-order valence-electron chi connectivity index (χ1n) is 7.21. The van der Waals surface area contributed by atoms with Crippen LogP contribution in [0.3, 0.4) is 0 Å². The van der Waals surface area contributed by atoms with E-state index in [1.54, 1.807) is 6.20 Å². The van der Waals surface area contributed by atoms with E-state index in [4.69, 9.17) is 0 Å². The van der Waals surface area contributed by atoms with E-state index < -0.39 is 10.0 Å². The van der Waals surface area contributed by atoms with E-state index in [1.807, 2.05) is 19.1 Å². The maximum Gasteiger partial charge on any atom is 0.212 e. The van der Waals surface area contributed by atoms with Crippen molar-refractivity contribution >= 4 is 10.0 Å². The first-order valence-corrected chi connectivity index (χ1v) is 8.87. The van der Waals surface area contributed by atoms with E-state index in [0.29, 0.717) is 0 Å². The molecule has 0 spiro atoms. The van der Waals surface area contributed by atoms with Gasteiger partial charge in [0.05, 0.1) is 18.0 Å². The molecule has 1 aliphatic heterocycles. The van der Waals surface area contributed by atoms with E-state index in [2.05, 4.69) is 15.0 Å². The second-order valence-electron chi connectivity index (χ2n) is 5.26. The molecule has 0 bridgehead atoms. The minimum absolute atomic E-state index is 0.225. The minimum atomic E-state index is -3.22. The van der Waals surface area contributed by atoms with E-state index in [1.165, 1.54) is 0 Å². The van der Waals surface area contributed by atoms with Crippen LogP contribution in [0.1, 0.15) is 31.0 Å². The van der Waals surface area contributed by atoms with Crippen molar-refractivity contribution in [3.63, 3.8) is 0 Å². The molecule has 1 saturated heterocycles. The SMILES string of the molecule is CCc1cccnc1CNS(=O)(=O)CC1CCNCC1. The summed E-state index contributed by atoms with van der Waals surface area (Å²) in [6.07, 6.45) is 4.43. The van der Waals surface area contributed by atoms with Gasteiger partial charge in [0.2, 0.25) is 10.0 Å². The first-order chi connectivity index (χ1) is 9.61. The van der Waals surface area contributed by atoms with Gasteiger partial charge >= 0.3 is 0 Å². The van der Waals surface area contributed by atoms with Crippen molar-refractivity contribution in [2.75, 3.05) is 18.8 Å². The summed E-state index contributed by atoms with van der Waals surface area (Å²) in [5.41, 5.74) is 1.92. The molecule has 1 fully saturated rings. The van der Waals surface area contributed by atoms with Gasteiger partial charge in [-0.1, -0.05) is 13.0 Å². The van der Waals surface area contributed by atoms with E-state index in [-0.39, 0.29) is 18.2 Å². The smallest absolute Gasteiger partial charge is 0.212 e. The average Bonchev–Trinajstić information content (AvgIpc) is 2.46. The van der Waals surface area contributed by atoms with Gasteiger partial charge in [0.25, 0.3) is 0 Å². The third-order valence-electron chi connectivity index (χ3n) is 3.74. The predicted octanol–water partition coefficient (Wildman–Crippen LogP) is 1.06. The number of sulfonamides is 1. The third-order valence-corrected chi connectivity index (χ3v) is 5.23. The number of rotatable bonds is 6. The van der Waals surface area contributed by atoms with Gasteiger partial charge in [-0.25, -0.2) is 13.1 Å². The molecule has 0 amide bonds. The standard InChI is InChI=1S/C14H23N3O2S/c1-2-13-4-3-7-16-14(13)10-17-20(18,19)11-12-5-8-15-9-6-12/h3-4,7,12,15,17H,2,5-6,8-11H2,1H3. The average molecular weight is 297 g/mol. The van der Waals surface area contributed by atoms with Crippen LogP contribution >= 0.6 is 0 Å². The summed E-state index contributed by atoms with van der Waals surface area (Å²) in [6, 6.07) is 3.87. The molecule has 1 aliphatic rings. The Hall–Kier alpha value is -0.980. The molecule has 2 rings (SSSR count). The summed E-state index contributed by atoms with van der Waals surface area (Å²) in [5.74, 6) is 0.492. The largest absolute Gasteiger partial charge is 0.317 e. The number of hydrogen-bond acceptors (Lipinski definition) is 4. The zero-order valence-electron chi connectivity index (χ0n) is 11.9. The summed E-state index contributed by atoms with van der Waals surface area (Å²) in [5, 5.41) is 3.25. The molecule has 0 saturated carbocycles. The minimum Gasteiger partial charge on any atom is -0.317 e. The molecule has 6 heteroatoms. The maximum absolute atomic E-state index is 12.1. The van der Waals surface area contributed by atoms with Crippen LogP contribution in [0.4, 0.5) is 0 Å². The highest BCUT2D eigenvalue weighted by molar-refractivity contribution is 7.89. The Kier molecular flexibility index (Phi) is 5.51. The van der Waals surface area contributed by atoms with Crippen molar-refractivity contribution in [1.29, 1.82) is 0 Å². The fourth-order valence-electron chi connectivity index (χ4n) is 2.55. The van der Waals surface area contributed by atoms with Gasteiger partial charge in [-0.05, 0) is 49.9 Å². The fourth-order valence-corrected chi connectivity index (χ4v) is 3.98. The number of hydrogen-bond donors (Lipinski definition) is 2. The number of nitrogens with one attached hydrogen (secondary N) is 2. The molecule has 1 aromatic heterocycles. The van der Waals surface area contributed by atoms with Crippen molar-refractivity contribution in [2.24, 2.45) is 5.92 Å². The molecule has 2 N–H and O–H groups in total. The lowest BCUT2D eigenvalue weighted by Crippen LogP contribution is -2.35. The second kappa shape index (κ2) is 7.15. The van der Waals surface area contributed by atoms with Crippen LogP contribution in [0.25, 0.3) is 0 Å². The number of nitrogens with zero attached hydrogens (tertiary/aromatic N) is 1. The van der Waals surface area contributed by atoms with Crippen LogP contribution in [0.5, 0.6) is 0 Å². The molecule has 0 unspecified atom stereocenters. The number of aryl methyl sites for hydroxylation is 1. The van der Waals surface area contributed by atoms with Crippen LogP contribution in [0.2, 0.25) is 0 Å². The van der Waals surface area contributed by atoms with Crippen LogP contribution in [-0.4, -0.2) is 32.2 Å². The van der Waals surface area contributed by atoms with Gasteiger partial charge in [-0.3, -0.25) is 4.98 Å². The molecule has 0 aromatic carbocycles. The quantitative estimate of drug-likeness (QED) is 0.824. The normalized spacial score (nSPS) is 17.2. The zero-order valence-corrected chi connectivity index (χ0v) is 12.7. The summed E-state index contributed by atoms with van der Waals surface area (Å²) >= 11 is 0. The van der Waals surface area contributed by atoms with E-state index >= 15 is 0 Å². The zero-order chi connectivity index (χ0) is 14.4. The van der Waals surface area contributed by atoms with Crippen LogP contribution in [0, 0.1) is 5.92 Å². The molecule has 2 heterocycles. The first kappa shape index (κ1) is 15.4. The van der Waals surface area contributed by atoms with E-state index in [0.717, 1.165) is 43.6 Å². The maximum atomic E-state index is 12.1. The lowest BCUT2D eigenvalue weighted by atomic mass is 10.0. The van der Waals surface area contributed by atoms with Gasteiger partial charge in [-0.15, -0.1) is 0 Å². The lowest BCUT2D eigenvalue weighted by Gasteiger charge is -2.22. The van der Waals surface area contributed by atoms with Gasteiger partial charge in [0.15, 0.2) is 0 Å². The summed E-state index contributed by atoms with van der Waals surface area (Å²) in [6.45, 7) is 4.17. The van der Waals surface area contributed by atoms with Crippen LogP contribution in [-0.2, 0) is 23.0 Å². The van der Waals surface area contributed by atoms with Crippen molar-refractivity contribution < 1.29 is 8.42 Å². The highest BCUT2D eigenvalue weighted by atomic mass is 32.2. The molecule has 0 radical (unpaired) electrons. The molecular weight excluding hydrogens is 274 g/mol. The third kappa shape index (κ3) is 4.54. The Labute approximate surface area is 121 Å². The topological polar surface area (TPSA) is 71.1 Å². The Morgan fingerprint density at radius 1 is 1.40 bits per heavy atom. The lowest BCUT2D eigenvalue weighted by molar-refractivity contribution is 0.400. The molecule has 0 aliphatic carbocycles. The Balaban J connectivity index is 1.91. The number of pyridine rings is 1. The Bertz CT molecular complexity index is 525. The Morgan fingerprint density at radius 3 is 2.85 bits per heavy atom. The van der Waals surface area contributed by atoms with Crippen LogP contribution in [0.15, 0.2) is 18.3 Å². The molecule has 20 heavy (non-hydrogen) atoms. The van der Waals surface area contributed by atoms with Crippen molar-refractivity contribution in [3.05, 3.63) is 29.6 Å². The molecule has 5 nitrogen and oxygen atoms in total. The Morgan fingerprint density at radius 2 is 2.15 bits per heavy atom. The molecule has 112 valence electrons. The van der Waals surface area contributed by atoms with Gasteiger partial charge in [-0.2, -0.15) is 0 Å². The fraction of sp³-hybridized carbons (Fsp3) is 0.643. The van der Waals surface area contributed by atoms with Gasteiger partial charge in [0.1, 0.15) is 0 Å². The monoisotopic (exact) mass is 297 g/mol. The van der Waals surface area contributed by atoms with Crippen molar-refractivity contribution in [3.8, 4) is 0 Å². The van der Waals surface area contributed by atoms with Crippen LogP contribution < -0.4 is 10.0 Å². The summed E-state index contributed by atoms with van der Waals surface area (Å²) in [7, 11) is -3.22. The summed E-state index contributed by atoms with van der Waals surface area (Å²) in [4.78, 5) is 4.26. The number of aromatic nitrogens is 1. The highest BCUT2D eigenvalue weighted by Crippen LogP contribution is 2.14.